The van der Waals surface area contributed by atoms with Crippen LogP contribution in [0.5, 0.6) is 0 Å². The molecule has 0 bridgehead atoms. The highest BCUT2D eigenvalue weighted by atomic mass is 32.1. The lowest BCUT2D eigenvalue weighted by Crippen LogP contribution is -2.15. The van der Waals surface area contributed by atoms with Crippen molar-refractivity contribution in [1.82, 2.24) is 15.2 Å². The van der Waals surface area contributed by atoms with Crippen molar-refractivity contribution in [1.29, 1.82) is 0 Å². The largest absolute Gasteiger partial charge is 0.309 e. The molecule has 18 heavy (non-hydrogen) atoms. The van der Waals surface area contributed by atoms with E-state index in [1.165, 1.54) is 28.4 Å². The molecule has 0 amide bonds. The SMILES string of the molecule is CC(C)c1nc(CCN(C)C)sc1CNC1CC1. The number of nitrogens with zero attached hydrogens (tertiary/aromatic N) is 2. The Morgan fingerprint density at radius 1 is 1.39 bits per heavy atom. The van der Waals surface area contributed by atoms with E-state index in [1.807, 2.05) is 11.3 Å². The summed E-state index contributed by atoms with van der Waals surface area (Å²) in [6, 6.07) is 0.775. The number of thiazole rings is 1. The number of nitrogens with one attached hydrogen (secondary N) is 1. The zero-order valence-corrected chi connectivity index (χ0v) is 12.8. The molecule has 0 aromatic carbocycles. The van der Waals surface area contributed by atoms with Crippen molar-refractivity contribution < 1.29 is 0 Å². The third-order valence-electron chi connectivity index (χ3n) is 3.22. The molecular formula is C14H25N3S. The van der Waals surface area contributed by atoms with E-state index in [9.17, 15) is 0 Å². The number of rotatable bonds is 7. The minimum Gasteiger partial charge on any atom is -0.309 e. The molecule has 0 radical (unpaired) electrons. The average Bonchev–Trinajstić information content (AvgIpc) is 3.03. The first-order valence-electron chi connectivity index (χ1n) is 6.93. The minimum absolute atomic E-state index is 0.533. The lowest BCUT2D eigenvalue weighted by Gasteiger charge is -2.06. The van der Waals surface area contributed by atoms with Crippen LogP contribution in [0.1, 0.15) is 48.2 Å². The molecule has 1 N–H and O–H groups in total. The molecule has 1 aliphatic rings. The standard InChI is InChI=1S/C14H25N3S/c1-10(2)14-12(9-15-11-5-6-11)18-13(16-14)7-8-17(3)4/h10-11,15H,5-9H2,1-4H3. The fourth-order valence-corrected chi connectivity index (χ4v) is 3.11. The van der Waals surface area contributed by atoms with Crippen molar-refractivity contribution in [2.45, 2.75) is 51.6 Å². The zero-order valence-electron chi connectivity index (χ0n) is 12.0. The Labute approximate surface area is 115 Å². The summed E-state index contributed by atoms with van der Waals surface area (Å²) < 4.78 is 0. The van der Waals surface area contributed by atoms with Gasteiger partial charge < -0.3 is 10.2 Å². The van der Waals surface area contributed by atoms with Gasteiger partial charge in [0.25, 0.3) is 0 Å². The molecule has 1 aromatic rings. The fourth-order valence-electron chi connectivity index (χ4n) is 1.94. The lowest BCUT2D eigenvalue weighted by atomic mass is 10.1. The van der Waals surface area contributed by atoms with E-state index in [0.717, 1.165) is 25.6 Å². The molecule has 1 saturated carbocycles. The Hall–Kier alpha value is -0.450. The van der Waals surface area contributed by atoms with Crippen LogP contribution in [0.25, 0.3) is 0 Å². The highest BCUT2D eigenvalue weighted by Gasteiger charge is 2.22. The van der Waals surface area contributed by atoms with Crippen molar-refractivity contribution in [3.63, 3.8) is 0 Å². The van der Waals surface area contributed by atoms with Gasteiger partial charge in [-0.15, -0.1) is 11.3 Å². The van der Waals surface area contributed by atoms with Gasteiger partial charge >= 0.3 is 0 Å². The second kappa shape index (κ2) is 6.13. The summed E-state index contributed by atoms with van der Waals surface area (Å²) in [6.45, 7) is 6.58. The average molecular weight is 267 g/mol. The second-order valence-electron chi connectivity index (χ2n) is 5.78. The maximum absolute atomic E-state index is 4.83. The third-order valence-corrected chi connectivity index (χ3v) is 4.35. The first kappa shape index (κ1) is 14.0. The van der Waals surface area contributed by atoms with Gasteiger partial charge in [0, 0.05) is 30.4 Å². The summed E-state index contributed by atoms with van der Waals surface area (Å²) in [5, 5.41) is 4.90. The van der Waals surface area contributed by atoms with Gasteiger partial charge in [0.15, 0.2) is 0 Å². The topological polar surface area (TPSA) is 28.2 Å². The molecule has 0 unspecified atom stereocenters. The normalized spacial score (nSPS) is 15.9. The Morgan fingerprint density at radius 2 is 2.11 bits per heavy atom. The van der Waals surface area contributed by atoms with Crippen LogP contribution in [0.15, 0.2) is 0 Å². The summed E-state index contributed by atoms with van der Waals surface area (Å²) in [5.41, 5.74) is 1.31. The van der Waals surface area contributed by atoms with E-state index in [1.54, 1.807) is 0 Å². The highest BCUT2D eigenvalue weighted by Crippen LogP contribution is 2.27. The molecule has 1 aromatic heterocycles. The van der Waals surface area contributed by atoms with Gasteiger partial charge in [-0.2, -0.15) is 0 Å². The van der Waals surface area contributed by atoms with Crippen LogP contribution in [0.3, 0.4) is 0 Å². The van der Waals surface area contributed by atoms with E-state index >= 15 is 0 Å². The summed E-state index contributed by atoms with van der Waals surface area (Å²) in [5.74, 6) is 0.533. The summed E-state index contributed by atoms with van der Waals surface area (Å²) >= 11 is 1.90. The Kier molecular flexibility index (Phi) is 4.76. The van der Waals surface area contributed by atoms with E-state index in [0.29, 0.717) is 5.92 Å². The molecule has 0 saturated heterocycles. The van der Waals surface area contributed by atoms with Crippen molar-refractivity contribution in [2.75, 3.05) is 20.6 Å². The van der Waals surface area contributed by atoms with Crippen molar-refractivity contribution >= 4 is 11.3 Å². The first-order valence-corrected chi connectivity index (χ1v) is 7.74. The van der Waals surface area contributed by atoms with E-state index in [4.69, 9.17) is 4.98 Å². The number of hydrogen-bond acceptors (Lipinski definition) is 4. The summed E-state index contributed by atoms with van der Waals surface area (Å²) in [7, 11) is 4.24. The van der Waals surface area contributed by atoms with E-state index < -0.39 is 0 Å². The van der Waals surface area contributed by atoms with Gasteiger partial charge in [0.05, 0.1) is 10.7 Å². The molecule has 3 nitrogen and oxygen atoms in total. The predicted molar refractivity (Wildman–Crippen MR) is 78.3 cm³/mol. The van der Waals surface area contributed by atoms with Crippen LogP contribution in [0, 0.1) is 0 Å². The lowest BCUT2D eigenvalue weighted by molar-refractivity contribution is 0.413. The first-order chi connectivity index (χ1) is 8.56. The molecule has 0 aliphatic heterocycles. The highest BCUT2D eigenvalue weighted by molar-refractivity contribution is 7.11. The minimum atomic E-state index is 0.533. The summed E-state index contributed by atoms with van der Waals surface area (Å²) in [6.07, 6.45) is 3.77. The molecular weight excluding hydrogens is 242 g/mol. The molecule has 2 rings (SSSR count). The molecule has 1 heterocycles. The maximum atomic E-state index is 4.83. The van der Waals surface area contributed by atoms with Crippen molar-refractivity contribution in [2.24, 2.45) is 0 Å². The van der Waals surface area contributed by atoms with Gasteiger partial charge in [0.2, 0.25) is 0 Å². The monoisotopic (exact) mass is 267 g/mol. The van der Waals surface area contributed by atoms with E-state index in [2.05, 4.69) is 38.2 Å². The zero-order chi connectivity index (χ0) is 13.1. The third kappa shape index (κ3) is 4.04. The number of likely N-dealkylation sites (N-methyl/N-ethyl adjacent to an activating group) is 1. The van der Waals surface area contributed by atoms with Gasteiger partial charge in [-0.1, -0.05) is 13.8 Å². The van der Waals surface area contributed by atoms with Gasteiger partial charge in [-0.05, 0) is 32.9 Å². The van der Waals surface area contributed by atoms with Crippen molar-refractivity contribution in [3.8, 4) is 0 Å². The quantitative estimate of drug-likeness (QED) is 0.823. The molecule has 102 valence electrons. The summed E-state index contributed by atoms with van der Waals surface area (Å²) in [4.78, 5) is 8.50. The van der Waals surface area contributed by atoms with Crippen LogP contribution in [-0.2, 0) is 13.0 Å². The van der Waals surface area contributed by atoms with Crippen LogP contribution >= 0.6 is 11.3 Å². The second-order valence-corrected chi connectivity index (χ2v) is 6.95. The number of hydrogen-bond donors (Lipinski definition) is 1. The fraction of sp³-hybridized carbons (Fsp3) is 0.786. The molecule has 4 heteroatoms. The Morgan fingerprint density at radius 3 is 2.67 bits per heavy atom. The van der Waals surface area contributed by atoms with Crippen LogP contribution in [0.2, 0.25) is 0 Å². The van der Waals surface area contributed by atoms with E-state index in [-0.39, 0.29) is 0 Å². The molecule has 0 atom stereocenters. The maximum Gasteiger partial charge on any atom is 0.0944 e. The van der Waals surface area contributed by atoms with Crippen LogP contribution in [0.4, 0.5) is 0 Å². The molecule has 1 aliphatic carbocycles. The Balaban J connectivity index is 1.99. The van der Waals surface area contributed by atoms with Crippen molar-refractivity contribution in [3.05, 3.63) is 15.6 Å². The predicted octanol–water partition coefficient (Wildman–Crippen LogP) is 2.62. The number of aromatic nitrogens is 1. The van der Waals surface area contributed by atoms with Gasteiger partial charge in [0.1, 0.15) is 0 Å². The van der Waals surface area contributed by atoms with Crippen LogP contribution in [-0.4, -0.2) is 36.6 Å². The van der Waals surface area contributed by atoms with Crippen LogP contribution < -0.4 is 5.32 Å². The van der Waals surface area contributed by atoms with Gasteiger partial charge in [-0.3, -0.25) is 0 Å². The van der Waals surface area contributed by atoms with Gasteiger partial charge in [-0.25, -0.2) is 4.98 Å². The molecule has 0 spiro atoms. The smallest absolute Gasteiger partial charge is 0.0944 e. The Bertz CT molecular complexity index is 380. The molecule has 1 fully saturated rings.